The molecule has 3 unspecified atom stereocenters. The highest BCUT2D eigenvalue weighted by Gasteiger charge is 2.43. The van der Waals surface area contributed by atoms with Crippen LogP contribution < -0.4 is 5.32 Å². The van der Waals surface area contributed by atoms with Gasteiger partial charge in [0.25, 0.3) is 0 Å². The van der Waals surface area contributed by atoms with Gasteiger partial charge in [0.2, 0.25) is 0 Å². The van der Waals surface area contributed by atoms with E-state index < -0.39 is 0 Å². The summed E-state index contributed by atoms with van der Waals surface area (Å²) in [7, 11) is 4.05. The fourth-order valence-electron chi connectivity index (χ4n) is 2.87. The molecule has 1 aliphatic rings. The molecule has 0 amide bonds. The number of nitrogens with one attached hydrogen (secondary N) is 1. The van der Waals surface area contributed by atoms with E-state index in [-0.39, 0.29) is 18.1 Å². The minimum absolute atomic E-state index is 0.0161. The molecule has 0 bridgehead atoms. The van der Waals surface area contributed by atoms with Crippen molar-refractivity contribution in [3.8, 4) is 0 Å². The van der Waals surface area contributed by atoms with Gasteiger partial charge >= 0.3 is 0 Å². The second kappa shape index (κ2) is 5.85. The summed E-state index contributed by atoms with van der Waals surface area (Å²) in [4.78, 5) is 14.8. The van der Waals surface area contributed by atoms with E-state index in [2.05, 4.69) is 36.2 Å². The van der Waals surface area contributed by atoms with E-state index in [1.54, 1.807) is 0 Å². The third-order valence-corrected chi connectivity index (χ3v) is 3.76. The number of rotatable bonds is 4. The van der Waals surface area contributed by atoms with Crippen LogP contribution in [0.1, 0.15) is 31.7 Å². The first-order chi connectivity index (χ1) is 9.00. The second-order valence-electron chi connectivity index (χ2n) is 6.05. The van der Waals surface area contributed by atoms with Crippen LogP contribution in [0.3, 0.4) is 0 Å². The number of carbonyl (C=O) groups excluding carboxylic acids is 1. The first kappa shape index (κ1) is 14.2. The Kier molecular flexibility index (Phi) is 4.38. The Labute approximate surface area is 116 Å². The van der Waals surface area contributed by atoms with Crippen molar-refractivity contribution in [2.45, 2.75) is 38.4 Å². The summed E-state index contributed by atoms with van der Waals surface area (Å²) in [5, 5.41) is 3.50. The summed E-state index contributed by atoms with van der Waals surface area (Å²) in [5.74, 6) is 0.803. The fraction of sp³-hybridized carbons (Fsp3) is 0.562. The number of likely N-dealkylation sites (N-methyl/N-ethyl adjacent to an activating group) is 1. The summed E-state index contributed by atoms with van der Waals surface area (Å²) in [6.45, 7) is 4.32. The summed E-state index contributed by atoms with van der Waals surface area (Å²) in [6.07, 6.45) is 1.01. The number of benzene rings is 1. The second-order valence-corrected chi connectivity index (χ2v) is 6.05. The van der Waals surface area contributed by atoms with Crippen molar-refractivity contribution in [1.82, 2.24) is 10.2 Å². The van der Waals surface area contributed by atoms with Crippen LogP contribution in [0.25, 0.3) is 0 Å². The fourth-order valence-corrected chi connectivity index (χ4v) is 2.87. The van der Waals surface area contributed by atoms with E-state index in [0.717, 1.165) is 12.0 Å². The monoisotopic (exact) mass is 260 g/mol. The van der Waals surface area contributed by atoms with E-state index in [0.29, 0.717) is 11.7 Å². The van der Waals surface area contributed by atoms with Gasteiger partial charge < -0.3 is 0 Å². The molecule has 3 heteroatoms. The highest BCUT2D eigenvalue weighted by atomic mass is 16.1. The third-order valence-electron chi connectivity index (χ3n) is 3.76. The zero-order valence-electron chi connectivity index (χ0n) is 12.3. The highest BCUT2D eigenvalue weighted by molar-refractivity contribution is 5.93. The first-order valence-corrected chi connectivity index (χ1v) is 7.02. The molecule has 0 radical (unpaired) electrons. The van der Waals surface area contributed by atoms with Crippen molar-refractivity contribution < 1.29 is 4.79 Å². The van der Waals surface area contributed by atoms with Gasteiger partial charge in [-0.3, -0.25) is 15.0 Å². The average Bonchev–Trinajstić information content (AvgIpc) is 2.67. The highest BCUT2D eigenvalue weighted by Crippen LogP contribution is 2.31. The smallest absolute Gasteiger partial charge is 0.160 e. The summed E-state index contributed by atoms with van der Waals surface area (Å²) < 4.78 is 0. The lowest BCUT2D eigenvalue weighted by atomic mass is 9.90. The lowest BCUT2D eigenvalue weighted by Gasteiger charge is -2.25. The minimum atomic E-state index is -0.0556. The van der Waals surface area contributed by atoms with E-state index in [1.807, 2.05) is 32.3 Å². The van der Waals surface area contributed by atoms with E-state index >= 15 is 0 Å². The molecule has 2 rings (SSSR count). The first-order valence-electron chi connectivity index (χ1n) is 7.02. The number of carbonyl (C=O) groups is 1. The number of nitrogens with zero attached hydrogens (tertiary/aromatic N) is 1. The molecular weight excluding hydrogens is 236 g/mol. The standard InChI is InChI=1S/C16H24N2O/c1-11(2)10-13-15(19)14(16(17-13)18(3)4)12-8-6-5-7-9-12/h5-9,11,13-14,16-17H,10H2,1-4H3. The molecule has 0 aromatic heterocycles. The van der Waals surface area contributed by atoms with Crippen LogP contribution in [-0.2, 0) is 4.79 Å². The topological polar surface area (TPSA) is 32.3 Å². The van der Waals surface area contributed by atoms with Gasteiger partial charge in [-0.25, -0.2) is 0 Å². The van der Waals surface area contributed by atoms with Crippen LogP contribution in [0.15, 0.2) is 30.3 Å². The van der Waals surface area contributed by atoms with Gasteiger partial charge in [-0.05, 0) is 32.0 Å². The van der Waals surface area contributed by atoms with Crippen LogP contribution in [0.5, 0.6) is 0 Å². The van der Waals surface area contributed by atoms with Gasteiger partial charge in [-0.1, -0.05) is 44.2 Å². The summed E-state index contributed by atoms with van der Waals surface area (Å²) >= 11 is 0. The normalized spacial score (nSPS) is 27.5. The maximum absolute atomic E-state index is 12.7. The molecule has 19 heavy (non-hydrogen) atoms. The van der Waals surface area contributed by atoms with Crippen LogP contribution in [0.4, 0.5) is 0 Å². The Hall–Kier alpha value is -1.19. The van der Waals surface area contributed by atoms with Crippen LogP contribution >= 0.6 is 0 Å². The average molecular weight is 260 g/mol. The Morgan fingerprint density at radius 1 is 1.21 bits per heavy atom. The van der Waals surface area contributed by atoms with Crippen LogP contribution in [0, 0.1) is 5.92 Å². The van der Waals surface area contributed by atoms with Crippen molar-refractivity contribution >= 4 is 5.78 Å². The van der Waals surface area contributed by atoms with Crippen molar-refractivity contribution in [3.63, 3.8) is 0 Å². The molecule has 1 aromatic carbocycles. The maximum atomic E-state index is 12.7. The zero-order chi connectivity index (χ0) is 14.0. The lowest BCUT2D eigenvalue weighted by molar-refractivity contribution is -0.120. The quantitative estimate of drug-likeness (QED) is 0.901. The van der Waals surface area contributed by atoms with Crippen LogP contribution in [0.2, 0.25) is 0 Å². The number of hydrogen-bond donors (Lipinski definition) is 1. The van der Waals surface area contributed by atoms with Crippen molar-refractivity contribution in [2.24, 2.45) is 5.92 Å². The van der Waals surface area contributed by atoms with E-state index in [1.165, 1.54) is 0 Å². The Morgan fingerprint density at radius 2 is 1.84 bits per heavy atom. The molecule has 0 spiro atoms. The molecule has 3 nitrogen and oxygen atoms in total. The molecular formula is C16H24N2O. The predicted octanol–water partition coefficient (Wildman–Crippen LogP) is 2.24. The molecule has 1 saturated heterocycles. The predicted molar refractivity (Wildman–Crippen MR) is 78.0 cm³/mol. The number of Topliss-reactive ketones (excluding diaryl/α,β-unsaturated/α-hetero) is 1. The maximum Gasteiger partial charge on any atom is 0.160 e. The Balaban J connectivity index is 2.26. The van der Waals surface area contributed by atoms with E-state index in [9.17, 15) is 4.79 Å². The molecule has 3 atom stereocenters. The molecule has 1 heterocycles. The van der Waals surface area contributed by atoms with Gasteiger partial charge in [-0.15, -0.1) is 0 Å². The summed E-state index contributed by atoms with van der Waals surface area (Å²) in [5.41, 5.74) is 1.12. The van der Waals surface area contributed by atoms with E-state index in [4.69, 9.17) is 0 Å². The minimum Gasteiger partial charge on any atom is -0.297 e. The van der Waals surface area contributed by atoms with Gasteiger partial charge in [0.1, 0.15) is 0 Å². The van der Waals surface area contributed by atoms with Gasteiger partial charge in [-0.2, -0.15) is 0 Å². The van der Waals surface area contributed by atoms with Gasteiger partial charge in [0.15, 0.2) is 5.78 Å². The van der Waals surface area contributed by atoms with Crippen molar-refractivity contribution in [1.29, 1.82) is 0 Å². The van der Waals surface area contributed by atoms with Gasteiger partial charge in [0.05, 0.1) is 18.1 Å². The van der Waals surface area contributed by atoms with Crippen LogP contribution in [-0.4, -0.2) is 37.0 Å². The summed E-state index contributed by atoms with van der Waals surface area (Å²) in [6, 6.07) is 10.1. The number of ketones is 1. The molecule has 1 N–H and O–H groups in total. The molecule has 104 valence electrons. The largest absolute Gasteiger partial charge is 0.297 e. The zero-order valence-corrected chi connectivity index (χ0v) is 12.3. The molecule has 0 aliphatic carbocycles. The molecule has 1 fully saturated rings. The lowest BCUT2D eigenvalue weighted by Crippen LogP contribution is -2.42. The molecule has 1 aliphatic heterocycles. The van der Waals surface area contributed by atoms with Crippen molar-refractivity contribution in [2.75, 3.05) is 14.1 Å². The van der Waals surface area contributed by atoms with Gasteiger partial charge in [0, 0.05) is 0 Å². The molecule has 1 aromatic rings. The Bertz CT molecular complexity index is 428. The number of hydrogen-bond acceptors (Lipinski definition) is 3. The SMILES string of the molecule is CC(C)CC1NC(N(C)C)C(c2ccccc2)C1=O. The Morgan fingerprint density at radius 3 is 2.37 bits per heavy atom. The molecule has 0 saturated carbocycles. The third kappa shape index (κ3) is 3.04. The van der Waals surface area contributed by atoms with Crippen molar-refractivity contribution in [3.05, 3.63) is 35.9 Å².